The Kier molecular flexibility index (Phi) is 5.71. The maximum Gasteiger partial charge on any atom is 0.195 e. The molecule has 0 aliphatic carbocycles. The molecule has 0 aliphatic rings. The fraction of sp³-hybridized carbons (Fsp3) is 0.222. The number of ether oxygens (including phenoxy) is 1. The minimum Gasteiger partial charge on any atom is -0.486 e. The first-order valence-electron chi connectivity index (χ1n) is 10.5. The van der Waals surface area contributed by atoms with Crippen molar-refractivity contribution in [2.45, 2.75) is 33.3 Å². The molecule has 0 bridgehead atoms. The van der Waals surface area contributed by atoms with Gasteiger partial charge in [0.15, 0.2) is 5.78 Å². The molecule has 4 aromatic rings. The van der Waals surface area contributed by atoms with Crippen LogP contribution in [-0.4, -0.2) is 10.8 Å². The molecule has 0 saturated carbocycles. The van der Waals surface area contributed by atoms with Gasteiger partial charge in [-0.25, -0.2) is 0 Å². The number of ketones is 1. The summed E-state index contributed by atoms with van der Waals surface area (Å²) in [5, 5.41) is 0.934. The Balaban J connectivity index is 1.54. The summed E-state index contributed by atoms with van der Waals surface area (Å²) in [6, 6.07) is 23.8. The molecule has 1 N–H and O–H groups in total. The highest BCUT2D eigenvalue weighted by Crippen LogP contribution is 2.26. The second-order valence-corrected chi connectivity index (χ2v) is 8.21. The van der Waals surface area contributed by atoms with Crippen molar-refractivity contribution in [3.8, 4) is 5.75 Å². The third-order valence-electron chi connectivity index (χ3n) is 5.31. The molecule has 3 heteroatoms. The molecule has 30 heavy (non-hydrogen) atoms. The van der Waals surface area contributed by atoms with Gasteiger partial charge in [0.2, 0.25) is 0 Å². The van der Waals surface area contributed by atoms with Gasteiger partial charge in [0.05, 0.1) is 0 Å². The van der Waals surface area contributed by atoms with Gasteiger partial charge in [0.1, 0.15) is 11.9 Å². The number of fused-ring (bicyclic) bond motifs is 1. The quantitative estimate of drug-likeness (QED) is 0.351. The van der Waals surface area contributed by atoms with Crippen molar-refractivity contribution in [3.05, 3.63) is 101 Å². The minimum absolute atomic E-state index is 0.00974. The number of aromatic nitrogens is 1. The van der Waals surface area contributed by atoms with Crippen LogP contribution >= 0.6 is 0 Å². The highest BCUT2D eigenvalue weighted by Gasteiger charge is 2.15. The molecular weight excluding hydrogens is 370 g/mol. The predicted octanol–water partition coefficient (Wildman–Crippen LogP) is 6.74. The average Bonchev–Trinajstić information content (AvgIpc) is 3.17. The summed E-state index contributed by atoms with van der Waals surface area (Å²) in [6.07, 6.45) is 2.73. The highest BCUT2D eigenvalue weighted by atomic mass is 16.5. The lowest BCUT2D eigenvalue weighted by molar-refractivity contribution is 0.103. The number of rotatable bonds is 7. The second kappa shape index (κ2) is 8.58. The number of carbonyl (C=O) groups excluding carboxylic acids is 1. The van der Waals surface area contributed by atoms with E-state index in [-0.39, 0.29) is 11.9 Å². The topological polar surface area (TPSA) is 42.1 Å². The van der Waals surface area contributed by atoms with Crippen molar-refractivity contribution < 1.29 is 9.53 Å². The molecule has 1 unspecified atom stereocenters. The lowest BCUT2D eigenvalue weighted by atomic mass is 9.99. The van der Waals surface area contributed by atoms with E-state index in [0.717, 1.165) is 22.9 Å². The molecule has 0 radical (unpaired) electrons. The third kappa shape index (κ3) is 4.30. The number of benzene rings is 3. The van der Waals surface area contributed by atoms with Gasteiger partial charge in [0, 0.05) is 28.2 Å². The summed E-state index contributed by atoms with van der Waals surface area (Å²) >= 11 is 0. The number of carbonyl (C=O) groups is 1. The summed E-state index contributed by atoms with van der Waals surface area (Å²) < 4.78 is 6.20. The van der Waals surface area contributed by atoms with Crippen LogP contribution in [0.1, 0.15) is 53.9 Å². The van der Waals surface area contributed by atoms with Crippen LogP contribution in [0.2, 0.25) is 0 Å². The van der Waals surface area contributed by atoms with Crippen molar-refractivity contribution in [1.82, 2.24) is 4.98 Å². The maximum atomic E-state index is 13.1. The zero-order chi connectivity index (χ0) is 21.1. The van der Waals surface area contributed by atoms with Gasteiger partial charge in [-0.05, 0) is 48.6 Å². The summed E-state index contributed by atoms with van der Waals surface area (Å²) in [7, 11) is 0. The molecule has 0 amide bonds. The van der Waals surface area contributed by atoms with E-state index in [1.165, 1.54) is 5.56 Å². The fourth-order valence-electron chi connectivity index (χ4n) is 3.84. The zero-order valence-electron chi connectivity index (χ0n) is 17.7. The molecule has 0 saturated heterocycles. The number of H-pyrrole nitrogens is 1. The average molecular weight is 398 g/mol. The van der Waals surface area contributed by atoms with E-state index < -0.39 is 0 Å². The molecular formula is C27H27NO2. The molecule has 1 heterocycles. The SMILES string of the molecule is CC(C)Cc1cccc(C(C)Oc2cccc(C(=O)c3c[nH]c4ccccc34)c2)c1. The van der Waals surface area contributed by atoms with Crippen LogP contribution in [-0.2, 0) is 6.42 Å². The Bertz CT molecular complexity index is 1170. The molecule has 3 nitrogen and oxygen atoms in total. The minimum atomic E-state index is -0.101. The van der Waals surface area contributed by atoms with Gasteiger partial charge >= 0.3 is 0 Å². The molecule has 152 valence electrons. The van der Waals surface area contributed by atoms with Crippen LogP contribution in [0.5, 0.6) is 5.75 Å². The van der Waals surface area contributed by atoms with Gasteiger partial charge in [-0.1, -0.05) is 68.4 Å². The van der Waals surface area contributed by atoms with Crippen LogP contribution in [0.3, 0.4) is 0 Å². The summed E-state index contributed by atoms with van der Waals surface area (Å²) in [6.45, 7) is 6.49. The summed E-state index contributed by atoms with van der Waals surface area (Å²) in [5.74, 6) is 1.30. The third-order valence-corrected chi connectivity index (χ3v) is 5.31. The van der Waals surface area contributed by atoms with E-state index in [1.54, 1.807) is 6.20 Å². The number of aromatic amines is 1. The van der Waals surface area contributed by atoms with Gasteiger partial charge in [0.25, 0.3) is 0 Å². The summed E-state index contributed by atoms with van der Waals surface area (Å²) in [5.41, 5.74) is 4.72. The van der Waals surface area contributed by atoms with Crippen LogP contribution in [0.15, 0.2) is 79.0 Å². The number of para-hydroxylation sites is 1. The van der Waals surface area contributed by atoms with Gasteiger partial charge in [-0.3, -0.25) is 4.79 Å². The maximum absolute atomic E-state index is 13.1. The van der Waals surface area contributed by atoms with Crippen molar-refractivity contribution >= 4 is 16.7 Å². The van der Waals surface area contributed by atoms with Crippen LogP contribution in [0, 0.1) is 5.92 Å². The van der Waals surface area contributed by atoms with E-state index in [9.17, 15) is 4.79 Å². The van der Waals surface area contributed by atoms with Crippen molar-refractivity contribution in [2.24, 2.45) is 5.92 Å². The molecule has 0 spiro atoms. The first kappa shape index (κ1) is 20.0. The number of hydrogen-bond acceptors (Lipinski definition) is 2. The van der Waals surface area contributed by atoms with Gasteiger partial charge in [-0.2, -0.15) is 0 Å². The van der Waals surface area contributed by atoms with Crippen molar-refractivity contribution in [1.29, 1.82) is 0 Å². The van der Waals surface area contributed by atoms with E-state index in [4.69, 9.17) is 4.74 Å². The molecule has 0 fully saturated rings. The smallest absolute Gasteiger partial charge is 0.195 e. The van der Waals surface area contributed by atoms with Crippen LogP contribution < -0.4 is 4.74 Å². The normalized spacial score (nSPS) is 12.3. The van der Waals surface area contributed by atoms with Crippen molar-refractivity contribution in [3.63, 3.8) is 0 Å². The Morgan fingerprint density at radius 2 is 1.73 bits per heavy atom. The Morgan fingerprint density at radius 3 is 2.57 bits per heavy atom. The molecule has 3 aromatic carbocycles. The molecule has 4 rings (SSSR count). The number of nitrogens with one attached hydrogen (secondary N) is 1. The Labute approximate surface area is 177 Å². The summed E-state index contributed by atoms with van der Waals surface area (Å²) in [4.78, 5) is 16.3. The largest absolute Gasteiger partial charge is 0.486 e. The predicted molar refractivity (Wildman–Crippen MR) is 122 cm³/mol. The van der Waals surface area contributed by atoms with E-state index in [1.807, 2.05) is 55.5 Å². The van der Waals surface area contributed by atoms with Gasteiger partial charge in [-0.15, -0.1) is 0 Å². The first-order valence-corrected chi connectivity index (χ1v) is 10.5. The lowest BCUT2D eigenvalue weighted by Crippen LogP contribution is -2.06. The monoisotopic (exact) mass is 397 g/mol. The van der Waals surface area contributed by atoms with Gasteiger partial charge < -0.3 is 9.72 Å². The highest BCUT2D eigenvalue weighted by molar-refractivity contribution is 6.16. The van der Waals surface area contributed by atoms with E-state index in [0.29, 0.717) is 22.8 Å². The molecule has 0 aliphatic heterocycles. The first-order chi connectivity index (χ1) is 14.5. The Hall–Kier alpha value is -3.33. The molecule has 1 atom stereocenters. The lowest BCUT2D eigenvalue weighted by Gasteiger charge is -2.17. The van der Waals surface area contributed by atoms with Crippen molar-refractivity contribution in [2.75, 3.05) is 0 Å². The molecule has 1 aromatic heterocycles. The van der Waals surface area contributed by atoms with Crippen LogP contribution in [0.25, 0.3) is 10.9 Å². The van der Waals surface area contributed by atoms with E-state index >= 15 is 0 Å². The van der Waals surface area contributed by atoms with E-state index in [2.05, 4.69) is 43.1 Å². The standard InChI is InChI=1S/C27H27NO2/c1-18(2)14-20-8-6-9-21(15-20)19(3)30-23-11-7-10-22(16-23)27(29)25-17-28-26-13-5-4-12-24(25)26/h4-13,15-19,28H,14H2,1-3H3. The zero-order valence-corrected chi connectivity index (χ0v) is 17.7. The fourth-order valence-corrected chi connectivity index (χ4v) is 3.84. The second-order valence-electron chi connectivity index (χ2n) is 8.21. The number of hydrogen-bond donors (Lipinski definition) is 1. The Morgan fingerprint density at radius 1 is 0.933 bits per heavy atom. The van der Waals surface area contributed by atoms with Crippen LogP contribution in [0.4, 0.5) is 0 Å².